The summed E-state index contributed by atoms with van der Waals surface area (Å²) in [5, 5.41) is 0. The number of piperidine rings is 1. The molecule has 0 N–H and O–H groups in total. The number of hydrogen-bond donors (Lipinski definition) is 0. The Morgan fingerprint density at radius 1 is 1.43 bits per heavy atom. The van der Waals surface area contributed by atoms with Crippen LogP contribution >= 0.6 is 11.6 Å². The second-order valence-corrected chi connectivity index (χ2v) is 6.53. The van der Waals surface area contributed by atoms with E-state index in [0.29, 0.717) is 5.88 Å². The minimum absolute atomic E-state index is 0.132. The molecule has 1 saturated heterocycles. The fraction of sp³-hybridized carbons (Fsp3) is 0.625. The summed E-state index contributed by atoms with van der Waals surface area (Å²) in [5.41, 5.74) is 0.488. The van der Waals surface area contributed by atoms with Crippen molar-refractivity contribution >= 4 is 17.5 Å². The minimum atomic E-state index is -0.490. The molecule has 0 unspecified atom stereocenters. The lowest BCUT2D eigenvalue weighted by molar-refractivity contribution is -0.141. The largest absolute Gasteiger partial charge is 0.489 e. The van der Waals surface area contributed by atoms with Crippen molar-refractivity contribution in [1.82, 2.24) is 9.88 Å². The lowest BCUT2D eigenvalue weighted by Crippen LogP contribution is -2.47. The first-order valence-corrected chi connectivity index (χ1v) is 7.90. The summed E-state index contributed by atoms with van der Waals surface area (Å²) < 4.78 is 5.92. The molecule has 5 heteroatoms. The van der Waals surface area contributed by atoms with Crippen LogP contribution in [0.4, 0.5) is 0 Å². The number of halogens is 1. The number of aromatic nitrogens is 1. The Kier molecular flexibility index (Phi) is 5.09. The number of likely N-dealkylation sites (tertiary alicyclic amines) is 1. The number of rotatable bonds is 4. The Morgan fingerprint density at radius 3 is 2.62 bits per heavy atom. The van der Waals surface area contributed by atoms with Crippen molar-refractivity contribution in [3.8, 4) is 5.75 Å². The van der Waals surface area contributed by atoms with E-state index in [4.69, 9.17) is 16.3 Å². The molecule has 0 radical (unpaired) electrons. The molecule has 116 valence electrons. The van der Waals surface area contributed by atoms with E-state index in [0.717, 1.165) is 37.4 Å². The average molecular weight is 311 g/mol. The van der Waals surface area contributed by atoms with E-state index in [1.807, 2.05) is 37.8 Å². The van der Waals surface area contributed by atoms with Gasteiger partial charge in [0, 0.05) is 37.5 Å². The van der Waals surface area contributed by atoms with Crippen LogP contribution in [0.2, 0.25) is 0 Å². The zero-order valence-corrected chi connectivity index (χ0v) is 13.7. The number of nitrogens with zero attached hydrogens (tertiary/aromatic N) is 2. The molecule has 21 heavy (non-hydrogen) atoms. The van der Waals surface area contributed by atoms with Crippen LogP contribution in [0.1, 0.15) is 32.4 Å². The quantitative estimate of drug-likeness (QED) is 0.803. The van der Waals surface area contributed by atoms with Crippen LogP contribution in [0, 0.1) is 12.3 Å². The van der Waals surface area contributed by atoms with Crippen LogP contribution in [0.3, 0.4) is 0 Å². The first-order valence-electron chi connectivity index (χ1n) is 7.37. The van der Waals surface area contributed by atoms with Gasteiger partial charge in [-0.3, -0.25) is 9.78 Å². The molecule has 0 aromatic carbocycles. The smallest absolute Gasteiger partial charge is 0.229 e. The van der Waals surface area contributed by atoms with Gasteiger partial charge in [-0.15, -0.1) is 11.6 Å². The molecule has 2 heterocycles. The zero-order valence-electron chi connectivity index (χ0n) is 12.9. The Hall–Kier alpha value is -1.29. The molecule has 1 aromatic rings. The summed E-state index contributed by atoms with van der Waals surface area (Å²) in [6, 6.07) is 3.88. The van der Waals surface area contributed by atoms with Gasteiger partial charge in [0.05, 0.1) is 11.6 Å². The van der Waals surface area contributed by atoms with Crippen molar-refractivity contribution in [2.75, 3.05) is 19.0 Å². The molecular formula is C16H23ClN2O2. The number of alkyl halides is 1. The first kappa shape index (κ1) is 16.1. The van der Waals surface area contributed by atoms with Gasteiger partial charge in [0.1, 0.15) is 11.9 Å². The van der Waals surface area contributed by atoms with Gasteiger partial charge in [-0.2, -0.15) is 0 Å². The number of amides is 1. The highest BCUT2D eigenvalue weighted by Crippen LogP contribution is 2.24. The monoisotopic (exact) mass is 310 g/mol. The maximum Gasteiger partial charge on any atom is 0.229 e. The molecule has 0 saturated carbocycles. The average Bonchev–Trinajstić information content (AvgIpc) is 2.49. The lowest BCUT2D eigenvalue weighted by atomic mass is 9.93. The zero-order chi connectivity index (χ0) is 15.5. The predicted octanol–water partition coefficient (Wildman–Crippen LogP) is 3.02. The summed E-state index contributed by atoms with van der Waals surface area (Å²) in [4.78, 5) is 18.5. The van der Waals surface area contributed by atoms with Gasteiger partial charge < -0.3 is 9.64 Å². The molecule has 4 nitrogen and oxygen atoms in total. The molecule has 1 amide bonds. The highest BCUT2D eigenvalue weighted by Gasteiger charge is 2.33. The van der Waals surface area contributed by atoms with Crippen molar-refractivity contribution in [3.63, 3.8) is 0 Å². The number of pyridine rings is 1. The van der Waals surface area contributed by atoms with Crippen molar-refractivity contribution in [1.29, 1.82) is 0 Å². The van der Waals surface area contributed by atoms with Gasteiger partial charge in [0.25, 0.3) is 0 Å². The van der Waals surface area contributed by atoms with Gasteiger partial charge in [0.15, 0.2) is 0 Å². The van der Waals surface area contributed by atoms with Gasteiger partial charge in [0.2, 0.25) is 5.91 Å². The second kappa shape index (κ2) is 6.65. The van der Waals surface area contributed by atoms with E-state index in [2.05, 4.69) is 4.98 Å². The molecule has 0 aliphatic carbocycles. The van der Waals surface area contributed by atoms with Crippen molar-refractivity contribution < 1.29 is 9.53 Å². The van der Waals surface area contributed by atoms with E-state index in [1.54, 1.807) is 6.20 Å². The van der Waals surface area contributed by atoms with Gasteiger partial charge in [-0.05, 0) is 32.9 Å². The molecule has 0 bridgehead atoms. The molecule has 1 aliphatic heterocycles. The molecular weight excluding hydrogens is 288 g/mol. The van der Waals surface area contributed by atoms with Gasteiger partial charge in [-0.25, -0.2) is 0 Å². The highest BCUT2D eigenvalue weighted by atomic mass is 35.5. The molecule has 0 atom stereocenters. The van der Waals surface area contributed by atoms with Crippen LogP contribution in [0.5, 0.6) is 5.75 Å². The Bertz CT molecular complexity index is 480. The van der Waals surface area contributed by atoms with Crippen LogP contribution < -0.4 is 4.74 Å². The van der Waals surface area contributed by atoms with E-state index >= 15 is 0 Å². The fourth-order valence-corrected chi connectivity index (χ4v) is 2.49. The molecule has 1 fully saturated rings. The lowest BCUT2D eigenvalue weighted by Gasteiger charge is -2.36. The van der Waals surface area contributed by atoms with E-state index in [1.165, 1.54) is 0 Å². The number of hydrogen-bond acceptors (Lipinski definition) is 3. The molecule has 2 rings (SSSR count). The van der Waals surface area contributed by atoms with Crippen molar-refractivity contribution in [2.24, 2.45) is 5.41 Å². The van der Waals surface area contributed by atoms with E-state index < -0.39 is 5.41 Å². The predicted molar refractivity (Wildman–Crippen MR) is 83.7 cm³/mol. The third kappa shape index (κ3) is 4.10. The standard InChI is InChI=1S/C16H23ClN2O2/c1-12-4-5-14(10-18-12)21-13-6-8-19(9-7-13)15(20)16(2,3)11-17/h4-5,10,13H,6-9,11H2,1-3H3. The Balaban J connectivity index is 1.86. The van der Waals surface area contributed by atoms with E-state index in [9.17, 15) is 4.79 Å². The summed E-state index contributed by atoms with van der Waals surface area (Å²) >= 11 is 5.88. The minimum Gasteiger partial charge on any atom is -0.489 e. The third-order valence-corrected chi connectivity index (χ3v) is 4.50. The second-order valence-electron chi connectivity index (χ2n) is 6.26. The molecule has 1 aliphatic rings. The van der Waals surface area contributed by atoms with Gasteiger partial charge >= 0.3 is 0 Å². The first-order chi connectivity index (χ1) is 9.92. The van der Waals surface area contributed by atoms with Crippen molar-refractivity contribution in [3.05, 3.63) is 24.0 Å². The number of aryl methyl sites for hydroxylation is 1. The molecule has 0 spiro atoms. The van der Waals surface area contributed by atoms with E-state index in [-0.39, 0.29) is 12.0 Å². The fourth-order valence-electron chi connectivity index (χ4n) is 2.38. The van der Waals surface area contributed by atoms with Crippen LogP contribution in [0.25, 0.3) is 0 Å². The maximum atomic E-state index is 12.3. The van der Waals surface area contributed by atoms with Crippen LogP contribution in [-0.4, -0.2) is 40.9 Å². The summed E-state index contributed by atoms with van der Waals surface area (Å²) in [6.45, 7) is 7.19. The SMILES string of the molecule is Cc1ccc(OC2CCN(C(=O)C(C)(C)CCl)CC2)cn1. The Morgan fingerprint density at radius 2 is 2.10 bits per heavy atom. The number of carbonyl (C=O) groups excluding carboxylic acids is 1. The third-order valence-electron chi connectivity index (χ3n) is 3.83. The summed E-state index contributed by atoms with van der Waals surface area (Å²) in [6.07, 6.45) is 3.59. The highest BCUT2D eigenvalue weighted by molar-refractivity contribution is 6.19. The van der Waals surface area contributed by atoms with Crippen LogP contribution in [-0.2, 0) is 4.79 Å². The normalized spacial score (nSPS) is 16.9. The maximum absolute atomic E-state index is 12.3. The molecule has 1 aromatic heterocycles. The number of carbonyl (C=O) groups is 1. The van der Waals surface area contributed by atoms with Crippen LogP contribution in [0.15, 0.2) is 18.3 Å². The number of ether oxygens (including phenoxy) is 1. The Labute approximate surface area is 131 Å². The summed E-state index contributed by atoms with van der Waals surface area (Å²) in [5.74, 6) is 1.27. The van der Waals surface area contributed by atoms with Crippen molar-refractivity contribution in [2.45, 2.75) is 39.7 Å². The summed E-state index contributed by atoms with van der Waals surface area (Å²) in [7, 11) is 0. The van der Waals surface area contributed by atoms with Gasteiger partial charge in [-0.1, -0.05) is 0 Å². The topological polar surface area (TPSA) is 42.4 Å².